The third-order valence-electron chi connectivity index (χ3n) is 3.68. The Hall–Kier alpha value is -2.38. The van der Waals surface area contributed by atoms with Gasteiger partial charge in [-0.05, 0) is 37.6 Å². The van der Waals surface area contributed by atoms with Gasteiger partial charge in [0.05, 0.1) is 10.2 Å². The molecule has 0 aliphatic carbocycles. The van der Waals surface area contributed by atoms with E-state index in [-0.39, 0.29) is 11.8 Å². The van der Waals surface area contributed by atoms with Crippen molar-refractivity contribution in [1.29, 1.82) is 0 Å². The SMILES string of the molecule is Cc1ccc(C(=O)NNC(=O)CCCSc2nc3ccccc3s2)cc1. The van der Waals surface area contributed by atoms with E-state index in [4.69, 9.17) is 0 Å². The number of hydrogen-bond donors (Lipinski definition) is 2. The maximum Gasteiger partial charge on any atom is 0.269 e. The first-order valence-electron chi connectivity index (χ1n) is 8.26. The predicted octanol–water partition coefficient (Wildman–Crippen LogP) is 3.94. The summed E-state index contributed by atoms with van der Waals surface area (Å²) in [5, 5.41) is 0. The molecule has 7 heteroatoms. The fourth-order valence-corrected chi connectivity index (χ4v) is 4.35. The minimum atomic E-state index is -0.317. The Morgan fingerprint density at radius 2 is 1.85 bits per heavy atom. The van der Waals surface area contributed by atoms with E-state index in [1.165, 1.54) is 4.70 Å². The molecule has 26 heavy (non-hydrogen) atoms. The van der Waals surface area contributed by atoms with Crippen LogP contribution in [0.15, 0.2) is 52.9 Å². The molecule has 2 N–H and O–H groups in total. The molecule has 0 radical (unpaired) electrons. The van der Waals surface area contributed by atoms with Crippen molar-refractivity contribution in [2.24, 2.45) is 0 Å². The van der Waals surface area contributed by atoms with E-state index in [2.05, 4.69) is 21.9 Å². The number of carbonyl (C=O) groups excluding carboxylic acids is 2. The van der Waals surface area contributed by atoms with E-state index in [1.807, 2.05) is 37.3 Å². The van der Waals surface area contributed by atoms with E-state index in [1.54, 1.807) is 35.2 Å². The van der Waals surface area contributed by atoms with Crippen LogP contribution in [0, 0.1) is 6.92 Å². The molecule has 0 bridgehead atoms. The summed E-state index contributed by atoms with van der Waals surface area (Å²) in [5.41, 5.74) is 7.50. The molecule has 5 nitrogen and oxygen atoms in total. The number of amides is 2. The third-order valence-corrected chi connectivity index (χ3v) is 5.94. The van der Waals surface area contributed by atoms with Crippen LogP contribution in [0.5, 0.6) is 0 Å². The van der Waals surface area contributed by atoms with Gasteiger partial charge in [0.15, 0.2) is 4.34 Å². The van der Waals surface area contributed by atoms with Crippen molar-refractivity contribution in [2.45, 2.75) is 24.1 Å². The van der Waals surface area contributed by atoms with Gasteiger partial charge in [0.1, 0.15) is 0 Å². The molecule has 0 spiro atoms. The van der Waals surface area contributed by atoms with Gasteiger partial charge in [0.25, 0.3) is 5.91 Å². The smallest absolute Gasteiger partial charge is 0.269 e. The third kappa shape index (κ3) is 5.06. The zero-order chi connectivity index (χ0) is 18.4. The van der Waals surface area contributed by atoms with E-state index in [0.29, 0.717) is 18.4 Å². The molecule has 2 aromatic carbocycles. The molecule has 0 atom stereocenters. The number of nitrogens with one attached hydrogen (secondary N) is 2. The molecule has 0 aliphatic rings. The van der Waals surface area contributed by atoms with Crippen LogP contribution in [0.2, 0.25) is 0 Å². The van der Waals surface area contributed by atoms with Crippen LogP contribution in [-0.2, 0) is 4.79 Å². The second kappa shape index (κ2) is 8.82. The van der Waals surface area contributed by atoms with Gasteiger partial charge in [-0.25, -0.2) is 4.98 Å². The van der Waals surface area contributed by atoms with Crippen molar-refractivity contribution in [2.75, 3.05) is 5.75 Å². The molecule has 0 unspecified atom stereocenters. The van der Waals surface area contributed by atoms with Crippen LogP contribution in [-0.4, -0.2) is 22.6 Å². The summed E-state index contributed by atoms with van der Waals surface area (Å²) < 4.78 is 2.19. The minimum Gasteiger partial charge on any atom is -0.273 e. The van der Waals surface area contributed by atoms with Crippen LogP contribution >= 0.6 is 23.1 Å². The highest BCUT2D eigenvalue weighted by Gasteiger charge is 2.08. The highest BCUT2D eigenvalue weighted by Crippen LogP contribution is 2.29. The molecule has 134 valence electrons. The second-order valence-corrected chi connectivity index (χ2v) is 8.14. The lowest BCUT2D eigenvalue weighted by atomic mass is 10.1. The molecule has 0 saturated carbocycles. The Bertz CT molecular complexity index is 874. The number of rotatable bonds is 6. The molecule has 1 aromatic heterocycles. The lowest BCUT2D eigenvalue weighted by Gasteiger charge is -2.07. The number of nitrogens with zero attached hydrogens (tertiary/aromatic N) is 1. The van der Waals surface area contributed by atoms with Crippen molar-refractivity contribution < 1.29 is 9.59 Å². The highest BCUT2D eigenvalue weighted by molar-refractivity contribution is 8.01. The van der Waals surface area contributed by atoms with Crippen molar-refractivity contribution in [3.05, 3.63) is 59.7 Å². The zero-order valence-corrected chi connectivity index (χ0v) is 16.0. The van der Waals surface area contributed by atoms with Gasteiger partial charge < -0.3 is 0 Å². The van der Waals surface area contributed by atoms with Gasteiger partial charge in [0.2, 0.25) is 5.91 Å². The second-order valence-electron chi connectivity index (χ2n) is 5.77. The largest absolute Gasteiger partial charge is 0.273 e. The summed E-state index contributed by atoms with van der Waals surface area (Å²) in [6, 6.07) is 15.2. The van der Waals surface area contributed by atoms with Gasteiger partial charge in [-0.1, -0.05) is 41.6 Å². The lowest BCUT2D eigenvalue weighted by Crippen LogP contribution is -2.41. The van der Waals surface area contributed by atoms with Gasteiger partial charge in [-0.15, -0.1) is 11.3 Å². The quantitative estimate of drug-likeness (QED) is 0.383. The Balaban J connectivity index is 1.36. The van der Waals surface area contributed by atoms with E-state index < -0.39 is 0 Å². The number of carbonyl (C=O) groups is 2. The summed E-state index contributed by atoms with van der Waals surface area (Å²) in [7, 11) is 0. The predicted molar refractivity (Wildman–Crippen MR) is 106 cm³/mol. The fraction of sp³-hybridized carbons (Fsp3) is 0.211. The van der Waals surface area contributed by atoms with Gasteiger partial charge in [-0.2, -0.15) is 0 Å². The van der Waals surface area contributed by atoms with Gasteiger partial charge >= 0.3 is 0 Å². The first-order valence-corrected chi connectivity index (χ1v) is 10.1. The average molecular weight is 386 g/mol. The maximum absolute atomic E-state index is 11.9. The summed E-state index contributed by atoms with van der Waals surface area (Å²) in [6.07, 6.45) is 1.07. The Morgan fingerprint density at radius 1 is 1.08 bits per heavy atom. The van der Waals surface area contributed by atoms with Crippen molar-refractivity contribution in [3.63, 3.8) is 0 Å². The first kappa shape index (κ1) is 18.4. The first-order chi connectivity index (χ1) is 12.6. The number of benzene rings is 2. The van der Waals surface area contributed by atoms with Gasteiger partial charge in [0, 0.05) is 17.7 Å². The van der Waals surface area contributed by atoms with Crippen molar-refractivity contribution in [3.8, 4) is 0 Å². The lowest BCUT2D eigenvalue weighted by molar-refractivity contribution is -0.121. The van der Waals surface area contributed by atoms with Crippen LogP contribution < -0.4 is 10.9 Å². The molecule has 3 aromatic rings. The monoisotopic (exact) mass is 385 g/mol. The molecule has 0 saturated heterocycles. The van der Waals surface area contributed by atoms with E-state index >= 15 is 0 Å². The molecule has 2 amide bonds. The van der Waals surface area contributed by atoms with Crippen LogP contribution in [0.1, 0.15) is 28.8 Å². The number of fused-ring (bicyclic) bond motifs is 1. The molecule has 0 aliphatic heterocycles. The number of hydrogen-bond acceptors (Lipinski definition) is 5. The van der Waals surface area contributed by atoms with E-state index in [0.717, 1.165) is 21.2 Å². The van der Waals surface area contributed by atoms with E-state index in [9.17, 15) is 9.59 Å². The molecule has 1 heterocycles. The molecular formula is C19H19N3O2S2. The summed E-state index contributed by atoms with van der Waals surface area (Å²) in [5.74, 6) is 0.289. The number of aryl methyl sites for hydroxylation is 1. The minimum absolute atomic E-state index is 0.199. The fourth-order valence-electron chi connectivity index (χ4n) is 2.27. The Morgan fingerprint density at radius 3 is 2.62 bits per heavy atom. The number of hydrazine groups is 1. The highest BCUT2D eigenvalue weighted by atomic mass is 32.2. The maximum atomic E-state index is 11.9. The summed E-state index contributed by atoms with van der Waals surface area (Å²) in [4.78, 5) is 28.3. The van der Waals surface area contributed by atoms with Crippen LogP contribution in [0.25, 0.3) is 10.2 Å². The number of thiazole rings is 1. The van der Waals surface area contributed by atoms with Crippen molar-refractivity contribution in [1.82, 2.24) is 15.8 Å². The summed E-state index contributed by atoms with van der Waals surface area (Å²) in [6.45, 7) is 1.95. The molecule has 3 rings (SSSR count). The van der Waals surface area contributed by atoms with Crippen molar-refractivity contribution >= 4 is 45.1 Å². The van der Waals surface area contributed by atoms with Crippen LogP contribution in [0.4, 0.5) is 0 Å². The standard InChI is InChI=1S/C19H19N3O2S2/c1-13-8-10-14(11-9-13)18(24)22-21-17(23)7-4-12-25-19-20-15-5-2-3-6-16(15)26-19/h2-3,5-6,8-11H,4,7,12H2,1H3,(H,21,23)(H,22,24). The number of para-hydroxylation sites is 1. The van der Waals surface area contributed by atoms with Gasteiger partial charge in [-0.3, -0.25) is 20.4 Å². The molecular weight excluding hydrogens is 366 g/mol. The zero-order valence-electron chi connectivity index (χ0n) is 14.3. The number of aromatic nitrogens is 1. The summed E-state index contributed by atoms with van der Waals surface area (Å²) >= 11 is 3.31. The Labute approximate surface area is 160 Å². The Kier molecular flexibility index (Phi) is 6.25. The topological polar surface area (TPSA) is 71.1 Å². The average Bonchev–Trinajstić information content (AvgIpc) is 3.06. The molecule has 0 fully saturated rings. The van der Waals surface area contributed by atoms with Crippen LogP contribution in [0.3, 0.4) is 0 Å². The number of thioether (sulfide) groups is 1. The normalized spacial score (nSPS) is 10.7.